The summed E-state index contributed by atoms with van der Waals surface area (Å²) in [5.41, 5.74) is 1.04. The van der Waals surface area contributed by atoms with E-state index in [1.165, 1.54) is 0 Å². The van der Waals surface area contributed by atoms with Crippen molar-refractivity contribution < 1.29 is 9.53 Å². The van der Waals surface area contributed by atoms with Crippen LogP contribution in [0.5, 0.6) is 0 Å². The van der Waals surface area contributed by atoms with E-state index >= 15 is 0 Å². The molecule has 0 radical (unpaired) electrons. The van der Waals surface area contributed by atoms with E-state index in [9.17, 15) is 4.79 Å². The molecule has 0 saturated carbocycles. The summed E-state index contributed by atoms with van der Waals surface area (Å²) in [5.74, 6) is -0.358. The molecule has 0 aliphatic heterocycles. The number of anilines is 1. The molecule has 1 N–H and O–H groups in total. The van der Waals surface area contributed by atoms with Crippen molar-refractivity contribution in [3.8, 4) is 6.07 Å². The summed E-state index contributed by atoms with van der Waals surface area (Å²) in [6, 6.07) is 11.6. The number of hydrogen-bond donors (Lipinski definition) is 1. The van der Waals surface area contributed by atoms with Crippen LogP contribution in [0.15, 0.2) is 42.1 Å². The van der Waals surface area contributed by atoms with Crippen LogP contribution in [0.25, 0.3) is 0 Å². The van der Waals surface area contributed by atoms with Gasteiger partial charge >= 0.3 is 0 Å². The van der Waals surface area contributed by atoms with Crippen molar-refractivity contribution in [2.45, 2.75) is 13.3 Å². The lowest BCUT2D eigenvalue weighted by molar-refractivity contribution is -0.117. The summed E-state index contributed by atoms with van der Waals surface area (Å²) in [6.45, 7) is 3.71. The predicted octanol–water partition coefficient (Wildman–Crippen LogP) is 2.07. The minimum atomic E-state index is -0.358. The van der Waals surface area contributed by atoms with Crippen LogP contribution in [0.4, 0.5) is 5.69 Å². The average Bonchev–Trinajstić information content (AvgIpc) is 2.53. The number of rotatable bonds is 8. The van der Waals surface area contributed by atoms with Crippen LogP contribution >= 0.6 is 0 Å². The standard InChI is InChI=1S/C16H21N3O2/c1-3-19(15-8-5-4-6-9-15)13-14(12-17)16(20)18-10-7-11-21-2/h4-6,8-9,13H,3,7,10-11H2,1-2H3,(H,18,20)/b14-13-. The number of amides is 1. The summed E-state index contributed by atoms with van der Waals surface area (Å²) in [6.07, 6.45) is 2.30. The zero-order valence-electron chi connectivity index (χ0n) is 12.5. The highest BCUT2D eigenvalue weighted by atomic mass is 16.5. The van der Waals surface area contributed by atoms with E-state index in [4.69, 9.17) is 10.00 Å². The quantitative estimate of drug-likeness (QED) is 0.451. The number of carbonyl (C=O) groups excluding carboxylic acids is 1. The first-order chi connectivity index (χ1) is 10.2. The van der Waals surface area contributed by atoms with Crippen LogP contribution in [0.2, 0.25) is 0 Å². The van der Waals surface area contributed by atoms with E-state index < -0.39 is 0 Å². The van der Waals surface area contributed by atoms with E-state index in [1.807, 2.05) is 48.2 Å². The van der Waals surface area contributed by atoms with Gasteiger partial charge in [-0.1, -0.05) is 18.2 Å². The maximum absolute atomic E-state index is 12.0. The zero-order valence-corrected chi connectivity index (χ0v) is 12.5. The number of ether oxygens (including phenoxy) is 1. The number of benzene rings is 1. The lowest BCUT2D eigenvalue weighted by Crippen LogP contribution is -2.28. The Labute approximate surface area is 125 Å². The van der Waals surface area contributed by atoms with Crippen LogP contribution in [0.1, 0.15) is 13.3 Å². The van der Waals surface area contributed by atoms with Gasteiger partial charge in [0.15, 0.2) is 0 Å². The molecule has 5 nitrogen and oxygen atoms in total. The van der Waals surface area contributed by atoms with E-state index in [-0.39, 0.29) is 11.5 Å². The molecule has 0 aliphatic carbocycles. The van der Waals surface area contributed by atoms with Gasteiger partial charge in [0.1, 0.15) is 11.6 Å². The molecule has 0 unspecified atom stereocenters. The number of para-hydroxylation sites is 1. The molecule has 1 aromatic rings. The zero-order chi connectivity index (χ0) is 15.5. The summed E-state index contributed by atoms with van der Waals surface area (Å²) in [5, 5.41) is 11.9. The molecule has 0 fully saturated rings. The normalized spacial score (nSPS) is 10.8. The number of nitrogens with zero attached hydrogens (tertiary/aromatic N) is 2. The fraction of sp³-hybridized carbons (Fsp3) is 0.375. The van der Waals surface area contributed by atoms with Gasteiger partial charge in [0, 0.05) is 38.7 Å². The third-order valence-corrected chi connectivity index (χ3v) is 2.89. The molecule has 21 heavy (non-hydrogen) atoms. The average molecular weight is 287 g/mol. The van der Waals surface area contributed by atoms with Crippen molar-refractivity contribution >= 4 is 11.6 Å². The topological polar surface area (TPSA) is 65.4 Å². The van der Waals surface area contributed by atoms with E-state index in [0.29, 0.717) is 19.7 Å². The first-order valence-corrected chi connectivity index (χ1v) is 6.93. The number of nitriles is 1. The second-order valence-electron chi connectivity index (χ2n) is 4.38. The van der Waals surface area contributed by atoms with Crippen LogP contribution in [0, 0.1) is 11.3 Å². The van der Waals surface area contributed by atoms with Gasteiger partial charge in [0.2, 0.25) is 0 Å². The molecule has 0 aromatic heterocycles. The Morgan fingerprint density at radius 1 is 1.43 bits per heavy atom. The predicted molar refractivity (Wildman–Crippen MR) is 82.7 cm³/mol. The van der Waals surface area contributed by atoms with E-state index in [2.05, 4.69) is 5.32 Å². The third kappa shape index (κ3) is 5.67. The number of carbonyl (C=O) groups is 1. The number of hydrogen-bond acceptors (Lipinski definition) is 4. The Hall–Kier alpha value is -2.32. The van der Waals surface area contributed by atoms with Gasteiger partial charge < -0.3 is 15.0 Å². The maximum atomic E-state index is 12.0. The first kappa shape index (κ1) is 16.7. The molecule has 5 heteroatoms. The largest absolute Gasteiger partial charge is 0.385 e. The second kappa shape index (κ2) is 9.56. The first-order valence-electron chi connectivity index (χ1n) is 6.93. The highest BCUT2D eigenvalue weighted by molar-refractivity contribution is 5.97. The molecule has 0 heterocycles. The van der Waals surface area contributed by atoms with E-state index in [0.717, 1.165) is 12.1 Å². The van der Waals surface area contributed by atoms with Gasteiger partial charge in [-0.15, -0.1) is 0 Å². The van der Waals surface area contributed by atoms with Gasteiger partial charge in [0.05, 0.1) is 0 Å². The maximum Gasteiger partial charge on any atom is 0.263 e. The van der Waals surface area contributed by atoms with Crippen LogP contribution in [-0.4, -0.2) is 32.7 Å². The van der Waals surface area contributed by atoms with Gasteiger partial charge in [-0.05, 0) is 25.5 Å². The third-order valence-electron chi connectivity index (χ3n) is 2.89. The SMILES string of the molecule is CCN(/C=C(/C#N)C(=O)NCCCOC)c1ccccc1. The minimum Gasteiger partial charge on any atom is -0.385 e. The van der Waals surface area contributed by atoms with Crippen molar-refractivity contribution in [2.75, 3.05) is 31.7 Å². The Kier molecular flexibility index (Phi) is 7.62. The summed E-state index contributed by atoms with van der Waals surface area (Å²) in [7, 11) is 1.61. The van der Waals surface area contributed by atoms with Crippen molar-refractivity contribution in [1.82, 2.24) is 5.32 Å². The highest BCUT2D eigenvalue weighted by Crippen LogP contribution is 2.14. The molecular formula is C16H21N3O2. The second-order valence-corrected chi connectivity index (χ2v) is 4.38. The molecule has 1 rings (SSSR count). The van der Waals surface area contributed by atoms with Crippen molar-refractivity contribution in [3.05, 3.63) is 42.1 Å². The van der Waals surface area contributed by atoms with Crippen LogP contribution in [0.3, 0.4) is 0 Å². The van der Waals surface area contributed by atoms with Crippen molar-refractivity contribution in [1.29, 1.82) is 5.26 Å². The smallest absolute Gasteiger partial charge is 0.263 e. The molecule has 0 spiro atoms. The Balaban J connectivity index is 2.73. The fourth-order valence-corrected chi connectivity index (χ4v) is 1.78. The number of methoxy groups -OCH3 is 1. The Bertz CT molecular complexity index is 506. The molecule has 0 aliphatic rings. The van der Waals surface area contributed by atoms with Crippen LogP contribution in [-0.2, 0) is 9.53 Å². The molecule has 1 aromatic carbocycles. The number of nitrogens with one attached hydrogen (secondary N) is 1. The summed E-state index contributed by atoms with van der Waals surface area (Å²) >= 11 is 0. The van der Waals surface area contributed by atoms with Gasteiger partial charge in [-0.3, -0.25) is 4.79 Å². The minimum absolute atomic E-state index is 0.0955. The molecule has 0 bridgehead atoms. The van der Waals surface area contributed by atoms with Crippen LogP contribution < -0.4 is 10.2 Å². The highest BCUT2D eigenvalue weighted by Gasteiger charge is 2.10. The van der Waals surface area contributed by atoms with Crippen molar-refractivity contribution in [3.63, 3.8) is 0 Å². The monoisotopic (exact) mass is 287 g/mol. The Morgan fingerprint density at radius 2 is 2.14 bits per heavy atom. The fourth-order valence-electron chi connectivity index (χ4n) is 1.78. The summed E-state index contributed by atoms with van der Waals surface area (Å²) < 4.78 is 4.91. The Morgan fingerprint density at radius 3 is 2.71 bits per heavy atom. The van der Waals surface area contributed by atoms with Gasteiger partial charge in [0.25, 0.3) is 5.91 Å². The molecule has 0 saturated heterocycles. The molecule has 1 amide bonds. The van der Waals surface area contributed by atoms with Crippen molar-refractivity contribution in [2.24, 2.45) is 0 Å². The lowest BCUT2D eigenvalue weighted by atomic mass is 10.2. The molecule has 112 valence electrons. The van der Waals surface area contributed by atoms with Gasteiger partial charge in [-0.25, -0.2) is 0 Å². The lowest BCUT2D eigenvalue weighted by Gasteiger charge is -2.18. The van der Waals surface area contributed by atoms with Gasteiger partial charge in [-0.2, -0.15) is 5.26 Å². The molecule has 0 atom stereocenters. The summed E-state index contributed by atoms with van der Waals surface area (Å²) in [4.78, 5) is 13.8. The van der Waals surface area contributed by atoms with E-state index in [1.54, 1.807) is 13.3 Å². The molecular weight excluding hydrogens is 266 g/mol.